The molecule has 0 fully saturated rings. The smallest absolute Gasteiger partial charge is 0.0662 e. The molecular weight excluding hydrogens is 260 g/mol. The van der Waals surface area contributed by atoms with Crippen LogP contribution in [0.15, 0.2) is 18.2 Å². The van der Waals surface area contributed by atoms with E-state index in [1.54, 1.807) is 0 Å². The molecule has 0 amide bonds. The molecule has 0 saturated carbocycles. The van der Waals surface area contributed by atoms with Crippen molar-refractivity contribution in [1.82, 2.24) is 0 Å². The first kappa shape index (κ1) is 8.14. The minimum atomic E-state index is 0.773. The molecular formula is C7H7ClIN. The van der Waals surface area contributed by atoms with E-state index in [1.165, 1.54) is 0 Å². The second kappa shape index (κ2) is 3.44. The highest BCUT2D eigenvalue weighted by molar-refractivity contribution is 14.1. The maximum atomic E-state index is 5.86. The van der Waals surface area contributed by atoms with E-state index in [9.17, 15) is 0 Å². The summed E-state index contributed by atoms with van der Waals surface area (Å²) < 4.78 is 1.15. The first-order valence-corrected chi connectivity index (χ1v) is 4.33. The molecule has 0 aliphatic rings. The molecule has 0 aliphatic carbocycles. The number of halogens is 2. The number of benzene rings is 1. The lowest BCUT2D eigenvalue weighted by atomic mass is 10.3. The Morgan fingerprint density at radius 1 is 1.50 bits per heavy atom. The number of para-hydroxylation sites is 1. The Morgan fingerprint density at radius 3 is 2.60 bits per heavy atom. The Bertz CT molecular complexity index is 217. The molecule has 0 bridgehead atoms. The molecule has 1 N–H and O–H groups in total. The molecule has 1 rings (SSSR count). The van der Waals surface area contributed by atoms with Crippen LogP contribution in [0.5, 0.6) is 0 Å². The van der Waals surface area contributed by atoms with Crippen LogP contribution in [0.1, 0.15) is 0 Å². The largest absolute Gasteiger partial charge is 0.386 e. The van der Waals surface area contributed by atoms with Crippen molar-refractivity contribution >= 4 is 39.9 Å². The van der Waals surface area contributed by atoms with Crippen molar-refractivity contribution in [3.63, 3.8) is 0 Å². The summed E-state index contributed by atoms with van der Waals surface area (Å²) in [7, 11) is 1.86. The summed E-state index contributed by atoms with van der Waals surface area (Å²) in [5.41, 5.74) is 1.00. The van der Waals surface area contributed by atoms with Gasteiger partial charge in [0.15, 0.2) is 0 Å². The van der Waals surface area contributed by atoms with E-state index in [1.807, 2.05) is 25.2 Å². The molecule has 10 heavy (non-hydrogen) atoms. The lowest BCUT2D eigenvalue weighted by Crippen LogP contribution is -1.91. The molecule has 3 heteroatoms. The van der Waals surface area contributed by atoms with Crippen LogP contribution in [-0.2, 0) is 0 Å². The third kappa shape index (κ3) is 1.55. The average Bonchev–Trinajstić information content (AvgIpc) is 1.88. The second-order valence-electron chi connectivity index (χ2n) is 1.85. The molecule has 0 atom stereocenters. The molecule has 54 valence electrons. The van der Waals surface area contributed by atoms with Gasteiger partial charge in [0.2, 0.25) is 0 Å². The Hall–Kier alpha value is 0.0400. The first-order chi connectivity index (χ1) is 4.75. The van der Waals surface area contributed by atoms with E-state index in [-0.39, 0.29) is 0 Å². The number of rotatable bonds is 1. The number of nitrogens with one attached hydrogen (secondary N) is 1. The lowest BCUT2D eigenvalue weighted by molar-refractivity contribution is 1.48. The molecule has 1 aromatic rings. The van der Waals surface area contributed by atoms with Crippen molar-refractivity contribution in [2.75, 3.05) is 12.4 Å². The SMILES string of the molecule is CNc1c(Cl)cccc1I. The minimum Gasteiger partial charge on any atom is -0.386 e. The van der Waals surface area contributed by atoms with Gasteiger partial charge < -0.3 is 5.32 Å². The van der Waals surface area contributed by atoms with E-state index >= 15 is 0 Å². The maximum Gasteiger partial charge on any atom is 0.0662 e. The standard InChI is InChI=1S/C7H7ClIN/c1-10-7-5(8)3-2-4-6(7)9/h2-4,10H,1H3. The van der Waals surface area contributed by atoms with Crippen LogP contribution in [0.2, 0.25) is 5.02 Å². The number of hydrogen-bond donors (Lipinski definition) is 1. The van der Waals surface area contributed by atoms with Gasteiger partial charge >= 0.3 is 0 Å². The van der Waals surface area contributed by atoms with Gasteiger partial charge in [-0.05, 0) is 34.7 Å². The zero-order valence-corrected chi connectivity index (χ0v) is 8.40. The minimum absolute atomic E-state index is 0.773. The second-order valence-corrected chi connectivity index (χ2v) is 3.42. The van der Waals surface area contributed by atoms with Crippen LogP contribution < -0.4 is 5.32 Å². The fraction of sp³-hybridized carbons (Fsp3) is 0.143. The highest BCUT2D eigenvalue weighted by Crippen LogP contribution is 2.26. The molecule has 1 aromatic carbocycles. The van der Waals surface area contributed by atoms with Gasteiger partial charge in [0.05, 0.1) is 10.7 Å². The van der Waals surface area contributed by atoms with Crippen molar-refractivity contribution in [1.29, 1.82) is 0 Å². The Kier molecular flexibility index (Phi) is 2.80. The van der Waals surface area contributed by atoms with Gasteiger partial charge in [0, 0.05) is 10.6 Å². The summed E-state index contributed by atoms with van der Waals surface area (Å²) in [5.74, 6) is 0. The van der Waals surface area contributed by atoms with Crippen LogP contribution >= 0.6 is 34.2 Å². The van der Waals surface area contributed by atoms with Gasteiger partial charge in [-0.3, -0.25) is 0 Å². The van der Waals surface area contributed by atoms with Crippen LogP contribution in [0.25, 0.3) is 0 Å². The van der Waals surface area contributed by atoms with Crippen LogP contribution in [0.4, 0.5) is 5.69 Å². The first-order valence-electron chi connectivity index (χ1n) is 2.87. The van der Waals surface area contributed by atoms with Crippen LogP contribution in [0.3, 0.4) is 0 Å². The molecule has 0 heterocycles. The molecule has 0 aliphatic heterocycles. The Balaban J connectivity index is 3.17. The summed E-state index contributed by atoms with van der Waals surface area (Å²) in [6.07, 6.45) is 0. The fourth-order valence-corrected chi connectivity index (χ4v) is 1.93. The van der Waals surface area contributed by atoms with Gasteiger partial charge in [0.1, 0.15) is 0 Å². The molecule has 0 saturated heterocycles. The van der Waals surface area contributed by atoms with E-state index in [4.69, 9.17) is 11.6 Å². The fourth-order valence-electron chi connectivity index (χ4n) is 0.737. The summed E-state index contributed by atoms with van der Waals surface area (Å²) in [4.78, 5) is 0. The zero-order valence-electron chi connectivity index (χ0n) is 5.49. The Morgan fingerprint density at radius 2 is 2.20 bits per heavy atom. The van der Waals surface area contributed by atoms with Gasteiger partial charge in [-0.25, -0.2) is 0 Å². The molecule has 0 unspecified atom stereocenters. The highest BCUT2D eigenvalue weighted by Gasteiger charge is 1.99. The third-order valence-electron chi connectivity index (χ3n) is 1.21. The third-order valence-corrected chi connectivity index (χ3v) is 2.43. The van der Waals surface area contributed by atoms with Crippen LogP contribution in [-0.4, -0.2) is 7.05 Å². The van der Waals surface area contributed by atoms with Crippen LogP contribution in [0, 0.1) is 3.57 Å². The predicted molar refractivity (Wildman–Crippen MR) is 53.7 cm³/mol. The van der Waals surface area contributed by atoms with Crippen molar-refractivity contribution < 1.29 is 0 Å². The number of anilines is 1. The van der Waals surface area contributed by atoms with Crippen molar-refractivity contribution in [3.8, 4) is 0 Å². The van der Waals surface area contributed by atoms with Crippen molar-refractivity contribution in [3.05, 3.63) is 26.8 Å². The molecule has 0 radical (unpaired) electrons. The monoisotopic (exact) mass is 267 g/mol. The van der Waals surface area contributed by atoms with E-state index in [0.717, 1.165) is 14.3 Å². The summed E-state index contributed by atoms with van der Waals surface area (Å²) in [6.45, 7) is 0. The van der Waals surface area contributed by atoms with Crippen molar-refractivity contribution in [2.24, 2.45) is 0 Å². The van der Waals surface area contributed by atoms with E-state index in [0.29, 0.717) is 0 Å². The van der Waals surface area contributed by atoms with Gasteiger partial charge in [-0.15, -0.1) is 0 Å². The van der Waals surface area contributed by atoms with Crippen molar-refractivity contribution in [2.45, 2.75) is 0 Å². The molecule has 1 nitrogen and oxygen atoms in total. The van der Waals surface area contributed by atoms with Gasteiger partial charge in [-0.1, -0.05) is 17.7 Å². The molecule has 0 aromatic heterocycles. The quantitative estimate of drug-likeness (QED) is 0.771. The summed E-state index contributed by atoms with van der Waals surface area (Å²) in [5, 5.41) is 3.80. The maximum absolute atomic E-state index is 5.86. The summed E-state index contributed by atoms with van der Waals surface area (Å²) >= 11 is 8.10. The normalized spacial score (nSPS) is 9.50. The number of hydrogen-bond acceptors (Lipinski definition) is 1. The zero-order chi connectivity index (χ0) is 7.56. The van der Waals surface area contributed by atoms with E-state index < -0.39 is 0 Å². The predicted octanol–water partition coefficient (Wildman–Crippen LogP) is 2.99. The van der Waals surface area contributed by atoms with Gasteiger partial charge in [0.25, 0.3) is 0 Å². The highest BCUT2D eigenvalue weighted by atomic mass is 127. The average molecular weight is 267 g/mol. The topological polar surface area (TPSA) is 12.0 Å². The summed E-state index contributed by atoms with van der Waals surface area (Å²) in [6, 6.07) is 5.82. The van der Waals surface area contributed by atoms with Gasteiger partial charge in [-0.2, -0.15) is 0 Å². The van der Waals surface area contributed by atoms with E-state index in [2.05, 4.69) is 27.9 Å². The lowest BCUT2D eigenvalue weighted by Gasteiger charge is -2.04. The molecule has 0 spiro atoms. The Labute approximate surface area is 78.9 Å².